The molecule has 0 saturated carbocycles. The molecular weight excluding hydrogens is 254 g/mol. The number of pyridine rings is 1. The van der Waals surface area contributed by atoms with Crippen LogP contribution in [0.1, 0.15) is 42.2 Å². The SMILES string of the molecule is CCCN1CCC(Nc2ccc(C(=O)O)c(C)n2)CC1. The molecule has 5 heteroatoms. The largest absolute Gasteiger partial charge is 0.478 e. The number of carboxylic acid groups (broad SMARTS) is 1. The minimum absolute atomic E-state index is 0.272. The monoisotopic (exact) mass is 277 g/mol. The summed E-state index contributed by atoms with van der Waals surface area (Å²) in [5.41, 5.74) is 0.833. The summed E-state index contributed by atoms with van der Waals surface area (Å²) >= 11 is 0. The molecule has 0 radical (unpaired) electrons. The summed E-state index contributed by atoms with van der Waals surface area (Å²) in [5, 5.41) is 12.4. The van der Waals surface area contributed by atoms with Gasteiger partial charge >= 0.3 is 5.97 Å². The minimum Gasteiger partial charge on any atom is -0.478 e. The van der Waals surface area contributed by atoms with Gasteiger partial charge in [-0.05, 0) is 44.9 Å². The Labute approximate surface area is 120 Å². The van der Waals surface area contributed by atoms with Crippen molar-refractivity contribution in [1.82, 2.24) is 9.88 Å². The Morgan fingerprint density at radius 2 is 2.15 bits per heavy atom. The average Bonchev–Trinajstić information content (AvgIpc) is 2.41. The van der Waals surface area contributed by atoms with Crippen molar-refractivity contribution in [2.75, 3.05) is 25.0 Å². The van der Waals surface area contributed by atoms with Gasteiger partial charge in [0, 0.05) is 19.1 Å². The highest BCUT2D eigenvalue weighted by atomic mass is 16.4. The van der Waals surface area contributed by atoms with Crippen molar-refractivity contribution in [3.8, 4) is 0 Å². The van der Waals surface area contributed by atoms with Gasteiger partial charge in [0.2, 0.25) is 0 Å². The van der Waals surface area contributed by atoms with Crippen LogP contribution in [0.15, 0.2) is 12.1 Å². The molecular formula is C15H23N3O2. The standard InChI is InChI=1S/C15H23N3O2/c1-3-8-18-9-6-12(7-10-18)17-14-5-4-13(15(19)20)11(2)16-14/h4-5,12H,3,6-10H2,1-2H3,(H,16,17)(H,19,20). The third-order valence-electron chi connectivity index (χ3n) is 3.80. The van der Waals surface area contributed by atoms with Crippen molar-refractivity contribution in [3.05, 3.63) is 23.4 Å². The minimum atomic E-state index is -0.922. The Morgan fingerprint density at radius 1 is 1.45 bits per heavy atom. The third-order valence-corrected chi connectivity index (χ3v) is 3.80. The van der Waals surface area contributed by atoms with E-state index in [0.717, 1.165) is 31.7 Å². The number of hydrogen-bond acceptors (Lipinski definition) is 4. The summed E-state index contributed by atoms with van der Waals surface area (Å²) in [4.78, 5) is 17.8. The molecule has 2 rings (SSSR count). The van der Waals surface area contributed by atoms with Gasteiger partial charge in [0.1, 0.15) is 5.82 Å². The zero-order valence-electron chi connectivity index (χ0n) is 12.2. The quantitative estimate of drug-likeness (QED) is 0.865. The lowest BCUT2D eigenvalue weighted by Crippen LogP contribution is -2.39. The number of aromatic carboxylic acids is 1. The fourth-order valence-electron chi connectivity index (χ4n) is 2.69. The first kappa shape index (κ1) is 14.8. The summed E-state index contributed by atoms with van der Waals surface area (Å²) in [6, 6.07) is 3.82. The summed E-state index contributed by atoms with van der Waals surface area (Å²) in [6.45, 7) is 7.37. The predicted molar refractivity (Wildman–Crippen MR) is 79.3 cm³/mol. The van der Waals surface area contributed by atoms with E-state index >= 15 is 0 Å². The highest BCUT2D eigenvalue weighted by Gasteiger charge is 2.19. The molecule has 0 bridgehead atoms. The Bertz CT molecular complexity index is 468. The number of rotatable bonds is 5. The Morgan fingerprint density at radius 3 is 2.70 bits per heavy atom. The van der Waals surface area contributed by atoms with Crippen LogP contribution < -0.4 is 5.32 Å². The van der Waals surface area contributed by atoms with E-state index in [0.29, 0.717) is 11.7 Å². The molecule has 20 heavy (non-hydrogen) atoms. The highest BCUT2D eigenvalue weighted by molar-refractivity contribution is 5.89. The van der Waals surface area contributed by atoms with E-state index in [1.54, 1.807) is 19.1 Å². The summed E-state index contributed by atoms with van der Waals surface area (Å²) in [6.07, 6.45) is 3.43. The number of carbonyl (C=O) groups is 1. The smallest absolute Gasteiger partial charge is 0.337 e. The molecule has 0 atom stereocenters. The number of aromatic nitrogens is 1. The average molecular weight is 277 g/mol. The van der Waals surface area contributed by atoms with Gasteiger partial charge in [-0.1, -0.05) is 6.92 Å². The number of nitrogens with one attached hydrogen (secondary N) is 1. The molecule has 0 aliphatic carbocycles. The summed E-state index contributed by atoms with van der Waals surface area (Å²) < 4.78 is 0. The first-order valence-corrected chi connectivity index (χ1v) is 7.30. The van der Waals surface area contributed by atoms with E-state index < -0.39 is 5.97 Å². The maximum absolute atomic E-state index is 11.0. The van der Waals surface area contributed by atoms with E-state index in [1.807, 2.05) is 0 Å². The van der Waals surface area contributed by atoms with Crippen LogP contribution in [0.25, 0.3) is 0 Å². The van der Waals surface area contributed by atoms with Crippen molar-refractivity contribution in [1.29, 1.82) is 0 Å². The zero-order chi connectivity index (χ0) is 14.5. The molecule has 110 valence electrons. The van der Waals surface area contributed by atoms with Crippen LogP contribution in [0.2, 0.25) is 0 Å². The molecule has 0 aromatic carbocycles. The van der Waals surface area contributed by atoms with E-state index in [2.05, 4.69) is 22.1 Å². The molecule has 1 fully saturated rings. The number of carboxylic acids is 1. The molecule has 1 aromatic heterocycles. The normalized spacial score (nSPS) is 17.1. The van der Waals surface area contributed by atoms with Crippen LogP contribution in [0, 0.1) is 6.92 Å². The van der Waals surface area contributed by atoms with Crippen molar-refractivity contribution in [3.63, 3.8) is 0 Å². The van der Waals surface area contributed by atoms with E-state index in [4.69, 9.17) is 5.11 Å². The molecule has 2 N–H and O–H groups in total. The van der Waals surface area contributed by atoms with Crippen molar-refractivity contribution in [2.45, 2.75) is 39.2 Å². The van der Waals surface area contributed by atoms with Gasteiger partial charge in [0.25, 0.3) is 0 Å². The Kier molecular flexibility index (Phi) is 4.95. The van der Waals surface area contributed by atoms with E-state index in [-0.39, 0.29) is 5.56 Å². The number of anilines is 1. The van der Waals surface area contributed by atoms with Crippen molar-refractivity contribution >= 4 is 11.8 Å². The van der Waals surface area contributed by atoms with Gasteiger partial charge in [-0.3, -0.25) is 0 Å². The topological polar surface area (TPSA) is 65.5 Å². The van der Waals surface area contributed by atoms with Gasteiger partial charge in [0.05, 0.1) is 11.3 Å². The lowest BCUT2D eigenvalue weighted by molar-refractivity contribution is 0.0695. The van der Waals surface area contributed by atoms with E-state index in [1.165, 1.54) is 13.0 Å². The third kappa shape index (κ3) is 3.70. The molecule has 1 aliphatic rings. The summed E-state index contributed by atoms with van der Waals surface area (Å²) in [7, 11) is 0. The first-order valence-electron chi connectivity index (χ1n) is 7.30. The molecule has 0 amide bonds. The molecule has 0 unspecified atom stereocenters. The van der Waals surface area contributed by atoms with Crippen LogP contribution in [0.5, 0.6) is 0 Å². The number of nitrogens with zero attached hydrogens (tertiary/aromatic N) is 2. The van der Waals surface area contributed by atoms with Gasteiger partial charge in [-0.2, -0.15) is 0 Å². The van der Waals surface area contributed by atoms with Crippen LogP contribution >= 0.6 is 0 Å². The van der Waals surface area contributed by atoms with Crippen LogP contribution in [0.4, 0.5) is 5.82 Å². The fourth-order valence-corrected chi connectivity index (χ4v) is 2.69. The van der Waals surface area contributed by atoms with Crippen molar-refractivity contribution < 1.29 is 9.90 Å². The zero-order valence-corrected chi connectivity index (χ0v) is 12.2. The second-order valence-corrected chi connectivity index (χ2v) is 5.39. The Balaban J connectivity index is 1.91. The molecule has 1 saturated heterocycles. The molecule has 1 aromatic rings. The number of piperidine rings is 1. The maximum atomic E-state index is 11.0. The number of hydrogen-bond donors (Lipinski definition) is 2. The lowest BCUT2D eigenvalue weighted by atomic mass is 10.0. The van der Waals surface area contributed by atoms with Gasteiger partial charge in [-0.15, -0.1) is 0 Å². The van der Waals surface area contributed by atoms with Gasteiger partial charge in [-0.25, -0.2) is 9.78 Å². The first-order chi connectivity index (χ1) is 9.60. The second-order valence-electron chi connectivity index (χ2n) is 5.39. The lowest BCUT2D eigenvalue weighted by Gasteiger charge is -2.32. The Hall–Kier alpha value is -1.62. The second kappa shape index (κ2) is 6.70. The predicted octanol–water partition coefficient (Wildman–Crippen LogP) is 2.37. The van der Waals surface area contributed by atoms with Gasteiger partial charge in [0.15, 0.2) is 0 Å². The number of likely N-dealkylation sites (tertiary alicyclic amines) is 1. The van der Waals surface area contributed by atoms with Gasteiger partial charge < -0.3 is 15.3 Å². The molecule has 0 spiro atoms. The van der Waals surface area contributed by atoms with E-state index in [9.17, 15) is 4.79 Å². The van der Waals surface area contributed by atoms with Crippen LogP contribution in [-0.2, 0) is 0 Å². The maximum Gasteiger partial charge on any atom is 0.337 e. The molecule has 5 nitrogen and oxygen atoms in total. The van der Waals surface area contributed by atoms with Crippen LogP contribution in [-0.4, -0.2) is 46.6 Å². The molecule has 2 heterocycles. The van der Waals surface area contributed by atoms with Crippen LogP contribution in [0.3, 0.4) is 0 Å². The van der Waals surface area contributed by atoms with Crippen molar-refractivity contribution in [2.24, 2.45) is 0 Å². The fraction of sp³-hybridized carbons (Fsp3) is 0.600. The molecule has 1 aliphatic heterocycles. The number of aryl methyl sites for hydroxylation is 1. The highest BCUT2D eigenvalue weighted by Crippen LogP contribution is 2.17. The summed E-state index contributed by atoms with van der Waals surface area (Å²) in [5.74, 6) is -0.143.